The molecule has 98 valence electrons. The van der Waals surface area contributed by atoms with Crippen LogP contribution in [0.15, 0.2) is 21.7 Å². The number of hydrogen-bond donors (Lipinski definition) is 1. The highest BCUT2D eigenvalue weighted by Crippen LogP contribution is 2.23. The Morgan fingerprint density at radius 3 is 2.72 bits per heavy atom. The van der Waals surface area contributed by atoms with E-state index in [1.165, 1.54) is 13.0 Å². The van der Waals surface area contributed by atoms with E-state index in [1.54, 1.807) is 6.92 Å². The molecule has 0 atom stereocenters. The minimum absolute atomic E-state index is 0.0386. The number of nitrogens with zero attached hydrogens (tertiary/aromatic N) is 1. The van der Waals surface area contributed by atoms with Crippen LogP contribution in [0.2, 0.25) is 0 Å². The molecule has 18 heavy (non-hydrogen) atoms. The number of hydrogen-bond acceptors (Lipinski definition) is 4. The summed E-state index contributed by atoms with van der Waals surface area (Å²) < 4.78 is 31.1. The van der Waals surface area contributed by atoms with Gasteiger partial charge in [-0.3, -0.25) is 5.43 Å². The first-order valence-corrected chi connectivity index (χ1v) is 5.87. The van der Waals surface area contributed by atoms with E-state index in [2.05, 4.69) is 26.5 Å². The molecule has 0 spiro atoms. The highest BCUT2D eigenvalue weighted by Gasteiger charge is 2.09. The van der Waals surface area contributed by atoms with E-state index in [1.807, 2.05) is 0 Å². The molecule has 1 rings (SSSR count). The number of esters is 1. The summed E-state index contributed by atoms with van der Waals surface area (Å²) in [7, 11) is 0. The number of halogens is 3. The lowest BCUT2D eigenvalue weighted by Crippen LogP contribution is -2.15. The van der Waals surface area contributed by atoms with E-state index >= 15 is 0 Å². The van der Waals surface area contributed by atoms with Gasteiger partial charge in [0.05, 0.1) is 16.8 Å². The summed E-state index contributed by atoms with van der Waals surface area (Å²) in [6.07, 6.45) is 0. The van der Waals surface area contributed by atoms with Gasteiger partial charge in [0, 0.05) is 6.07 Å². The van der Waals surface area contributed by atoms with E-state index in [0.29, 0.717) is 6.07 Å². The molecule has 0 bridgehead atoms. The monoisotopic (exact) mass is 320 g/mol. The van der Waals surface area contributed by atoms with E-state index in [4.69, 9.17) is 4.74 Å². The number of benzene rings is 1. The van der Waals surface area contributed by atoms with Crippen LogP contribution < -0.4 is 5.43 Å². The van der Waals surface area contributed by atoms with Gasteiger partial charge in [0.2, 0.25) is 0 Å². The van der Waals surface area contributed by atoms with Crippen molar-refractivity contribution in [3.05, 3.63) is 28.2 Å². The second kappa shape index (κ2) is 6.44. The predicted molar refractivity (Wildman–Crippen MR) is 67.4 cm³/mol. The normalized spacial score (nSPS) is 11.3. The molecule has 0 unspecified atom stereocenters. The van der Waals surface area contributed by atoms with Crippen molar-refractivity contribution in [3.8, 4) is 0 Å². The maximum Gasteiger partial charge on any atom is 0.354 e. The third-order valence-electron chi connectivity index (χ3n) is 1.92. The summed E-state index contributed by atoms with van der Waals surface area (Å²) in [5.74, 6) is -2.13. The summed E-state index contributed by atoms with van der Waals surface area (Å²) in [6, 6.07) is 1.90. The first kappa shape index (κ1) is 14.6. The Bertz CT molecular complexity index is 492. The van der Waals surface area contributed by atoms with Crippen LogP contribution in [0.25, 0.3) is 0 Å². The van der Waals surface area contributed by atoms with Gasteiger partial charge in [-0.05, 0) is 35.8 Å². The molecule has 1 aromatic rings. The Morgan fingerprint density at radius 1 is 1.44 bits per heavy atom. The van der Waals surface area contributed by atoms with Gasteiger partial charge < -0.3 is 4.74 Å². The lowest BCUT2D eigenvalue weighted by Gasteiger charge is -2.05. The van der Waals surface area contributed by atoms with Crippen molar-refractivity contribution >= 4 is 33.3 Å². The molecule has 0 saturated carbocycles. The molecule has 0 radical (unpaired) electrons. The molecular weight excluding hydrogens is 310 g/mol. The quantitative estimate of drug-likeness (QED) is 0.401. The summed E-state index contributed by atoms with van der Waals surface area (Å²) in [4.78, 5) is 11.2. The third kappa shape index (κ3) is 3.76. The van der Waals surface area contributed by atoms with E-state index in [-0.39, 0.29) is 22.5 Å². The van der Waals surface area contributed by atoms with Crippen LogP contribution in [0.4, 0.5) is 14.5 Å². The number of carbonyl (C=O) groups is 1. The molecular formula is C11H11BrF2N2O2. The highest BCUT2D eigenvalue weighted by atomic mass is 79.9. The second-order valence-corrected chi connectivity index (χ2v) is 4.13. The second-order valence-electron chi connectivity index (χ2n) is 3.28. The molecule has 1 aromatic carbocycles. The van der Waals surface area contributed by atoms with Crippen LogP contribution in [0.5, 0.6) is 0 Å². The number of rotatable bonds is 4. The first-order chi connectivity index (χ1) is 8.45. The Hall–Kier alpha value is -1.50. The average Bonchev–Trinajstić information content (AvgIpc) is 2.32. The Morgan fingerprint density at radius 2 is 2.11 bits per heavy atom. The standard InChI is InChI=1S/C11H11BrF2N2O2/c1-3-18-11(17)6(2)15-16-10-4-7(12)8(13)5-9(10)14/h4-5,16H,3H2,1-2H3. The minimum Gasteiger partial charge on any atom is -0.461 e. The van der Waals surface area contributed by atoms with Crippen molar-refractivity contribution < 1.29 is 18.3 Å². The fourth-order valence-corrected chi connectivity index (χ4v) is 1.38. The van der Waals surface area contributed by atoms with Crippen molar-refractivity contribution in [2.75, 3.05) is 12.0 Å². The van der Waals surface area contributed by atoms with Gasteiger partial charge in [-0.2, -0.15) is 5.10 Å². The summed E-state index contributed by atoms with van der Waals surface area (Å²) >= 11 is 2.92. The van der Waals surface area contributed by atoms with Gasteiger partial charge in [-0.15, -0.1) is 0 Å². The van der Waals surface area contributed by atoms with E-state index < -0.39 is 17.6 Å². The average molecular weight is 321 g/mol. The van der Waals surface area contributed by atoms with Gasteiger partial charge >= 0.3 is 5.97 Å². The fourth-order valence-electron chi connectivity index (χ4n) is 1.03. The number of hydrazone groups is 1. The number of anilines is 1. The van der Waals surface area contributed by atoms with Crippen molar-refractivity contribution in [1.29, 1.82) is 0 Å². The van der Waals surface area contributed by atoms with Crippen molar-refractivity contribution in [2.24, 2.45) is 5.10 Å². The van der Waals surface area contributed by atoms with Crippen LogP contribution >= 0.6 is 15.9 Å². The van der Waals surface area contributed by atoms with Crippen LogP contribution in [-0.4, -0.2) is 18.3 Å². The van der Waals surface area contributed by atoms with Gasteiger partial charge in [-0.25, -0.2) is 13.6 Å². The SMILES string of the molecule is CCOC(=O)C(C)=NNc1cc(Br)c(F)cc1F. The van der Waals surface area contributed by atoms with E-state index in [9.17, 15) is 13.6 Å². The molecule has 7 heteroatoms. The van der Waals surface area contributed by atoms with Crippen LogP contribution in [-0.2, 0) is 9.53 Å². The molecule has 0 fully saturated rings. The number of nitrogens with one attached hydrogen (secondary N) is 1. The van der Waals surface area contributed by atoms with Crippen LogP contribution in [0.3, 0.4) is 0 Å². The van der Waals surface area contributed by atoms with Gasteiger partial charge in [-0.1, -0.05) is 0 Å². The molecule has 0 aliphatic carbocycles. The van der Waals surface area contributed by atoms with E-state index in [0.717, 1.165) is 0 Å². The maximum atomic E-state index is 13.3. The van der Waals surface area contributed by atoms with Gasteiger partial charge in [0.1, 0.15) is 11.5 Å². The molecule has 1 N–H and O–H groups in total. The summed E-state index contributed by atoms with van der Waals surface area (Å²) in [5, 5.41) is 3.65. The Kier molecular flexibility index (Phi) is 5.21. The van der Waals surface area contributed by atoms with Crippen molar-refractivity contribution in [1.82, 2.24) is 0 Å². The van der Waals surface area contributed by atoms with Gasteiger partial charge in [0.25, 0.3) is 0 Å². The molecule has 0 aliphatic heterocycles. The number of carbonyl (C=O) groups excluding carboxylic acids is 1. The third-order valence-corrected chi connectivity index (χ3v) is 2.53. The lowest BCUT2D eigenvalue weighted by atomic mass is 10.3. The minimum atomic E-state index is -0.809. The smallest absolute Gasteiger partial charge is 0.354 e. The van der Waals surface area contributed by atoms with Crippen molar-refractivity contribution in [3.63, 3.8) is 0 Å². The summed E-state index contributed by atoms with van der Waals surface area (Å²) in [5.41, 5.74) is 2.32. The molecule has 0 aromatic heterocycles. The molecule has 0 saturated heterocycles. The first-order valence-electron chi connectivity index (χ1n) is 5.07. The topological polar surface area (TPSA) is 50.7 Å². The molecule has 0 amide bonds. The maximum absolute atomic E-state index is 13.3. The zero-order valence-corrected chi connectivity index (χ0v) is 11.3. The van der Waals surface area contributed by atoms with Crippen molar-refractivity contribution in [2.45, 2.75) is 13.8 Å². The van der Waals surface area contributed by atoms with Crippen LogP contribution in [0.1, 0.15) is 13.8 Å². The fraction of sp³-hybridized carbons (Fsp3) is 0.273. The largest absolute Gasteiger partial charge is 0.461 e. The van der Waals surface area contributed by atoms with Gasteiger partial charge in [0.15, 0.2) is 5.82 Å². The lowest BCUT2D eigenvalue weighted by molar-refractivity contribution is -0.135. The summed E-state index contributed by atoms with van der Waals surface area (Å²) in [6.45, 7) is 3.30. The Balaban J connectivity index is 2.83. The zero-order valence-electron chi connectivity index (χ0n) is 9.76. The zero-order chi connectivity index (χ0) is 13.7. The Labute approximate surface area is 111 Å². The molecule has 0 heterocycles. The number of ether oxygens (including phenoxy) is 1. The molecule has 0 aliphatic rings. The predicted octanol–water partition coefficient (Wildman–Crippen LogP) is 3.08. The van der Waals surface area contributed by atoms with Crippen LogP contribution in [0, 0.1) is 11.6 Å². The molecule has 4 nitrogen and oxygen atoms in total. The highest BCUT2D eigenvalue weighted by molar-refractivity contribution is 9.10.